The maximum absolute atomic E-state index is 2.32. The molecule has 0 aliphatic heterocycles. The van der Waals surface area contributed by atoms with Crippen molar-refractivity contribution in [3.8, 4) is 0 Å². The predicted molar refractivity (Wildman–Crippen MR) is 125 cm³/mol. The van der Waals surface area contributed by atoms with Gasteiger partial charge in [-0.25, -0.2) is 0 Å². The Morgan fingerprint density at radius 3 is 1.21 bits per heavy atom. The van der Waals surface area contributed by atoms with Gasteiger partial charge < -0.3 is 0 Å². The summed E-state index contributed by atoms with van der Waals surface area (Å²) < 4.78 is 0. The number of aryl methyl sites for hydroxylation is 1. The fourth-order valence-corrected chi connectivity index (χ4v) is 8.39. The summed E-state index contributed by atoms with van der Waals surface area (Å²) >= 11 is 0. The topological polar surface area (TPSA) is 0 Å². The van der Waals surface area contributed by atoms with Crippen LogP contribution >= 0.6 is 7.26 Å². The molecule has 4 rings (SSSR count). The Hall–Kier alpha value is -2.69. The monoisotopic (exact) mass is 381 g/mol. The summed E-state index contributed by atoms with van der Waals surface area (Å²) in [5.41, 5.74) is 2.92. The van der Waals surface area contributed by atoms with E-state index in [1.807, 2.05) is 0 Å². The highest BCUT2D eigenvalue weighted by Crippen LogP contribution is 2.58. The molecule has 0 unspecified atom stereocenters. The second-order valence-electron chi connectivity index (χ2n) is 7.10. The second-order valence-corrected chi connectivity index (χ2v) is 10.6. The SMILES string of the molecule is CCc1ccccc1C[P+](c1ccccc1)(c1ccccc1)c1ccccc1. The number of rotatable bonds is 6. The summed E-state index contributed by atoms with van der Waals surface area (Å²) in [4.78, 5) is 0. The van der Waals surface area contributed by atoms with Crippen LogP contribution in [-0.4, -0.2) is 0 Å². The fraction of sp³-hybridized carbons (Fsp3) is 0.111. The third-order valence-electron chi connectivity index (χ3n) is 5.50. The van der Waals surface area contributed by atoms with E-state index in [0.29, 0.717) is 0 Å². The van der Waals surface area contributed by atoms with Crippen LogP contribution in [0.2, 0.25) is 0 Å². The molecular weight excluding hydrogens is 355 g/mol. The third-order valence-corrected chi connectivity index (χ3v) is 9.85. The fourth-order valence-electron chi connectivity index (χ4n) is 4.08. The molecule has 0 saturated heterocycles. The van der Waals surface area contributed by atoms with E-state index in [2.05, 4.69) is 122 Å². The van der Waals surface area contributed by atoms with Crippen LogP contribution in [0.15, 0.2) is 115 Å². The predicted octanol–water partition coefficient (Wildman–Crippen LogP) is 5.74. The molecule has 28 heavy (non-hydrogen) atoms. The largest absolute Gasteiger partial charge is 0.116 e. The minimum atomic E-state index is -1.82. The number of hydrogen-bond donors (Lipinski definition) is 0. The average molecular weight is 381 g/mol. The number of hydrogen-bond acceptors (Lipinski definition) is 0. The molecule has 0 atom stereocenters. The normalized spacial score (nSPS) is 11.3. The van der Waals surface area contributed by atoms with Crippen molar-refractivity contribution in [3.63, 3.8) is 0 Å². The van der Waals surface area contributed by atoms with Crippen LogP contribution in [0.5, 0.6) is 0 Å². The van der Waals surface area contributed by atoms with Crippen molar-refractivity contribution in [2.45, 2.75) is 19.5 Å². The van der Waals surface area contributed by atoms with Crippen LogP contribution in [0.4, 0.5) is 0 Å². The van der Waals surface area contributed by atoms with E-state index < -0.39 is 7.26 Å². The van der Waals surface area contributed by atoms with E-state index in [1.54, 1.807) is 0 Å². The molecule has 1 heteroatoms. The molecule has 0 saturated carbocycles. The van der Waals surface area contributed by atoms with Gasteiger partial charge >= 0.3 is 0 Å². The molecule has 0 aliphatic rings. The Kier molecular flexibility index (Phi) is 5.70. The molecule has 0 bridgehead atoms. The van der Waals surface area contributed by atoms with Crippen LogP contribution in [0.3, 0.4) is 0 Å². The summed E-state index contributed by atoms with van der Waals surface area (Å²) in [5, 5.41) is 4.33. The number of benzene rings is 4. The van der Waals surface area contributed by atoms with Crippen molar-refractivity contribution < 1.29 is 0 Å². The molecule has 0 N–H and O–H groups in total. The van der Waals surface area contributed by atoms with Crippen LogP contribution in [0, 0.1) is 0 Å². The van der Waals surface area contributed by atoms with Gasteiger partial charge in [-0.3, -0.25) is 0 Å². The summed E-state index contributed by atoms with van der Waals surface area (Å²) in [7, 11) is -1.82. The maximum atomic E-state index is 2.32. The molecule has 0 nitrogen and oxygen atoms in total. The molecule has 4 aromatic carbocycles. The van der Waals surface area contributed by atoms with Gasteiger partial charge in [0.1, 0.15) is 23.2 Å². The lowest BCUT2D eigenvalue weighted by Gasteiger charge is -2.28. The van der Waals surface area contributed by atoms with Crippen molar-refractivity contribution in [2.24, 2.45) is 0 Å². The molecule has 138 valence electrons. The van der Waals surface area contributed by atoms with Crippen LogP contribution < -0.4 is 15.9 Å². The Balaban J connectivity index is 2.01. The lowest BCUT2D eigenvalue weighted by atomic mass is 10.1. The van der Waals surface area contributed by atoms with E-state index in [-0.39, 0.29) is 0 Å². The van der Waals surface area contributed by atoms with Crippen LogP contribution in [0.1, 0.15) is 18.1 Å². The highest BCUT2D eigenvalue weighted by molar-refractivity contribution is 7.95. The standard InChI is InChI=1S/C27H26P/c1-2-23-14-12-13-15-24(23)22-28(25-16-6-3-7-17-25,26-18-8-4-9-19-26)27-20-10-5-11-21-27/h3-21H,2,22H2,1H3/q+1. The zero-order chi connectivity index (χ0) is 19.2. The third kappa shape index (κ3) is 3.53. The molecule has 0 heterocycles. The molecule has 0 amide bonds. The van der Waals surface area contributed by atoms with E-state index in [1.165, 1.54) is 27.0 Å². The van der Waals surface area contributed by atoms with E-state index in [9.17, 15) is 0 Å². The van der Waals surface area contributed by atoms with Gasteiger partial charge in [-0.2, -0.15) is 0 Å². The molecule has 0 aromatic heterocycles. The zero-order valence-electron chi connectivity index (χ0n) is 16.3. The molecule has 0 aliphatic carbocycles. The molecule has 0 radical (unpaired) electrons. The summed E-state index contributed by atoms with van der Waals surface area (Å²) in [6.07, 6.45) is 2.11. The Labute approximate surface area is 169 Å². The van der Waals surface area contributed by atoms with Crippen molar-refractivity contribution in [1.82, 2.24) is 0 Å². The molecular formula is C27H26P+. The van der Waals surface area contributed by atoms with Gasteiger partial charge in [-0.05, 0) is 53.9 Å². The first-order chi connectivity index (χ1) is 13.8. The Morgan fingerprint density at radius 2 is 0.821 bits per heavy atom. The minimum absolute atomic E-state index is 1.05. The summed E-state index contributed by atoms with van der Waals surface area (Å²) in [5.74, 6) is 0. The van der Waals surface area contributed by atoms with Gasteiger partial charge in [0, 0.05) is 0 Å². The van der Waals surface area contributed by atoms with Gasteiger partial charge in [0.15, 0.2) is 0 Å². The first-order valence-electron chi connectivity index (χ1n) is 9.96. The minimum Gasteiger partial charge on any atom is -0.0620 e. The van der Waals surface area contributed by atoms with Gasteiger partial charge in [0.25, 0.3) is 0 Å². The molecule has 0 fully saturated rings. The van der Waals surface area contributed by atoms with Crippen molar-refractivity contribution in [1.29, 1.82) is 0 Å². The van der Waals surface area contributed by atoms with Gasteiger partial charge in [0.05, 0.1) is 6.16 Å². The van der Waals surface area contributed by atoms with Crippen molar-refractivity contribution in [2.75, 3.05) is 0 Å². The quantitative estimate of drug-likeness (QED) is 0.374. The summed E-state index contributed by atoms with van der Waals surface area (Å²) in [6.45, 7) is 2.26. The van der Waals surface area contributed by atoms with E-state index >= 15 is 0 Å². The second kappa shape index (κ2) is 8.55. The van der Waals surface area contributed by atoms with Crippen LogP contribution in [0.25, 0.3) is 0 Å². The van der Waals surface area contributed by atoms with E-state index in [0.717, 1.165) is 12.6 Å². The first kappa shape index (κ1) is 18.7. The molecule has 0 spiro atoms. The van der Waals surface area contributed by atoms with Crippen molar-refractivity contribution in [3.05, 3.63) is 126 Å². The zero-order valence-corrected chi connectivity index (χ0v) is 17.2. The first-order valence-corrected chi connectivity index (χ1v) is 11.9. The highest BCUT2D eigenvalue weighted by atomic mass is 31.2. The van der Waals surface area contributed by atoms with Crippen molar-refractivity contribution >= 4 is 23.2 Å². The smallest absolute Gasteiger partial charge is 0.0620 e. The maximum Gasteiger partial charge on any atom is 0.116 e. The average Bonchev–Trinajstić information content (AvgIpc) is 2.79. The summed E-state index contributed by atoms with van der Waals surface area (Å²) in [6, 6.07) is 42.3. The van der Waals surface area contributed by atoms with Gasteiger partial charge in [-0.1, -0.05) is 85.8 Å². The van der Waals surface area contributed by atoms with Crippen LogP contribution in [-0.2, 0) is 12.6 Å². The molecule has 4 aromatic rings. The highest BCUT2D eigenvalue weighted by Gasteiger charge is 2.45. The van der Waals surface area contributed by atoms with E-state index in [4.69, 9.17) is 0 Å². The Morgan fingerprint density at radius 1 is 0.464 bits per heavy atom. The van der Waals surface area contributed by atoms with Gasteiger partial charge in [-0.15, -0.1) is 0 Å². The lowest BCUT2D eigenvalue weighted by Crippen LogP contribution is -2.32. The Bertz CT molecular complexity index is 911. The lowest BCUT2D eigenvalue weighted by molar-refractivity contribution is 1.10. The van der Waals surface area contributed by atoms with Gasteiger partial charge in [0.2, 0.25) is 0 Å².